The fraction of sp³-hybridized carbons (Fsp3) is 0. The van der Waals surface area contributed by atoms with E-state index in [0.717, 1.165) is 14.9 Å². The van der Waals surface area contributed by atoms with Crippen LogP contribution in [0.1, 0.15) is 5.56 Å². The quantitative estimate of drug-likeness (QED) is 0.528. The summed E-state index contributed by atoms with van der Waals surface area (Å²) >= 11 is 6.31. The average Bonchev–Trinajstić information content (AvgIpc) is 3.20. The third-order valence-electron chi connectivity index (χ3n) is 3.09. The third-order valence-corrected chi connectivity index (χ3v) is 5.44. The second-order valence-electron chi connectivity index (χ2n) is 4.57. The highest BCUT2D eigenvalue weighted by Crippen LogP contribution is 2.21. The van der Waals surface area contributed by atoms with Crippen molar-refractivity contribution in [3.63, 3.8) is 0 Å². The van der Waals surface area contributed by atoms with Gasteiger partial charge in [-0.25, -0.2) is 0 Å². The van der Waals surface area contributed by atoms with E-state index in [2.05, 4.69) is 26.0 Å². The van der Waals surface area contributed by atoms with Crippen LogP contribution >= 0.6 is 38.6 Å². The minimum Gasteiger partial charge on any atom is -0.266 e. The monoisotopic (exact) mass is 389 g/mol. The first-order chi connectivity index (χ1) is 10.7. The first-order valence-electron chi connectivity index (χ1n) is 6.41. The molecular weight excluding hydrogens is 382 g/mol. The largest absolute Gasteiger partial charge is 0.291 e. The second kappa shape index (κ2) is 5.42. The number of fused-ring (bicyclic) bond motifs is 1. The standard InChI is InChI=1S/C15H8BrN3OS2/c16-10-5-3-9(4-6-10)8-12-14(20)19-15(22-12)17-13(18-19)11-2-1-7-21-11/h1-8H/b12-8-. The Morgan fingerprint density at radius 1 is 1.18 bits per heavy atom. The molecule has 4 nitrogen and oxygen atoms in total. The van der Waals surface area contributed by atoms with Crippen LogP contribution in [0, 0.1) is 0 Å². The Hall–Kier alpha value is -1.83. The first-order valence-corrected chi connectivity index (χ1v) is 8.90. The van der Waals surface area contributed by atoms with Crippen molar-refractivity contribution in [2.24, 2.45) is 0 Å². The van der Waals surface area contributed by atoms with Crippen molar-refractivity contribution >= 4 is 49.6 Å². The van der Waals surface area contributed by atoms with E-state index in [1.807, 2.05) is 47.9 Å². The summed E-state index contributed by atoms with van der Waals surface area (Å²) in [5, 5.41) is 6.29. The molecule has 0 radical (unpaired) electrons. The molecule has 1 aromatic carbocycles. The Bertz CT molecular complexity index is 1050. The number of aromatic nitrogens is 3. The van der Waals surface area contributed by atoms with E-state index in [-0.39, 0.29) is 5.56 Å². The minimum absolute atomic E-state index is 0.127. The van der Waals surface area contributed by atoms with Gasteiger partial charge in [0.2, 0.25) is 4.96 Å². The summed E-state index contributed by atoms with van der Waals surface area (Å²) in [7, 11) is 0. The molecule has 0 saturated heterocycles. The molecule has 4 rings (SSSR count). The molecule has 108 valence electrons. The van der Waals surface area contributed by atoms with Gasteiger partial charge in [0.25, 0.3) is 5.56 Å². The lowest BCUT2D eigenvalue weighted by atomic mass is 10.2. The lowest BCUT2D eigenvalue weighted by Crippen LogP contribution is -2.23. The fourth-order valence-electron chi connectivity index (χ4n) is 2.05. The molecule has 0 spiro atoms. The molecule has 0 unspecified atom stereocenters. The van der Waals surface area contributed by atoms with Gasteiger partial charge in [0.1, 0.15) is 0 Å². The van der Waals surface area contributed by atoms with Crippen LogP contribution in [0.15, 0.2) is 51.0 Å². The van der Waals surface area contributed by atoms with Crippen LogP contribution in [0.5, 0.6) is 0 Å². The zero-order valence-corrected chi connectivity index (χ0v) is 14.3. The Labute approximate surface area is 141 Å². The number of benzene rings is 1. The maximum atomic E-state index is 12.4. The van der Waals surface area contributed by atoms with Gasteiger partial charge in [-0.1, -0.05) is 45.5 Å². The van der Waals surface area contributed by atoms with Gasteiger partial charge in [-0.15, -0.1) is 16.4 Å². The molecule has 0 saturated carbocycles. The van der Waals surface area contributed by atoms with Crippen LogP contribution in [0.2, 0.25) is 0 Å². The molecule has 0 fully saturated rings. The van der Waals surface area contributed by atoms with Crippen molar-refractivity contribution in [1.82, 2.24) is 14.6 Å². The van der Waals surface area contributed by atoms with E-state index in [1.165, 1.54) is 15.9 Å². The Kier molecular flexibility index (Phi) is 3.40. The van der Waals surface area contributed by atoms with Gasteiger partial charge in [0.05, 0.1) is 9.41 Å². The first kappa shape index (κ1) is 13.8. The molecule has 0 N–H and O–H groups in total. The Morgan fingerprint density at radius 3 is 2.68 bits per heavy atom. The van der Waals surface area contributed by atoms with E-state index in [9.17, 15) is 4.79 Å². The predicted octanol–water partition coefficient (Wildman–Crippen LogP) is 3.19. The molecular formula is C15H8BrN3OS2. The summed E-state index contributed by atoms with van der Waals surface area (Å²) in [6.45, 7) is 0. The van der Waals surface area contributed by atoms with Gasteiger partial charge in [-0.2, -0.15) is 9.50 Å². The van der Waals surface area contributed by atoms with Crippen LogP contribution in [0.4, 0.5) is 0 Å². The lowest BCUT2D eigenvalue weighted by Gasteiger charge is -1.91. The van der Waals surface area contributed by atoms with Crippen molar-refractivity contribution < 1.29 is 0 Å². The van der Waals surface area contributed by atoms with Crippen LogP contribution in [-0.2, 0) is 0 Å². The SMILES string of the molecule is O=c1/c(=C/c2ccc(Br)cc2)sc2nc(-c3cccs3)nn12. The number of rotatable bonds is 2. The number of halogens is 1. The lowest BCUT2D eigenvalue weighted by molar-refractivity contribution is 0.938. The molecule has 0 aliphatic heterocycles. The summed E-state index contributed by atoms with van der Waals surface area (Å²) in [6, 6.07) is 11.7. The highest BCUT2D eigenvalue weighted by Gasteiger charge is 2.12. The number of hydrogen-bond donors (Lipinski definition) is 0. The van der Waals surface area contributed by atoms with Crippen molar-refractivity contribution in [3.05, 3.63) is 66.7 Å². The predicted molar refractivity (Wildman–Crippen MR) is 93.4 cm³/mol. The molecule has 3 aromatic heterocycles. The van der Waals surface area contributed by atoms with Crippen LogP contribution in [-0.4, -0.2) is 14.6 Å². The van der Waals surface area contributed by atoms with Crippen molar-refractivity contribution in [2.75, 3.05) is 0 Å². The average molecular weight is 390 g/mol. The zero-order valence-electron chi connectivity index (χ0n) is 11.1. The van der Waals surface area contributed by atoms with Gasteiger partial charge < -0.3 is 0 Å². The third kappa shape index (κ3) is 2.41. The number of thiophene rings is 1. The molecule has 0 atom stereocenters. The topological polar surface area (TPSA) is 47.3 Å². The summed E-state index contributed by atoms with van der Waals surface area (Å²) in [4.78, 5) is 18.5. The molecule has 4 aromatic rings. The fourth-order valence-corrected chi connectivity index (χ4v) is 3.88. The molecule has 0 amide bonds. The van der Waals surface area contributed by atoms with Gasteiger partial charge in [-0.05, 0) is 35.2 Å². The molecule has 0 bridgehead atoms. The Morgan fingerprint density at radius 2 is 2.00 bits per heavy atom. The Balaban J connectivity index is 1.84. The van der Waals surface area contributed by atoms with Crippen molar-refractivity contribution in [1.29, 1.82) is 0 Å². The highest BCUT2D eigenvalue weighted by atomic mass is 79.9. The van der Waals surface area contributed by atoms with E-state index in [0.29, 0.717) is 15.3 Å². The number of thiazole rings is 1. The number of hydrogen-bond acceptors (Lipinski definition) is 5. The van der Waals surface area contributed by atoms with Crippen molar-refractivity contribution in [2.45, 2.75) is 0 Å². The maximum absolute atomic E-state index is 12.4. The molecule has 0 aliphatic carbocycles. The second-order valence-corrected chi connectivity index (χ2v) is 7.45. The molecule has 7 heteroatoms. The summed E-state index contributed by atoms with van der Waals surface area (Å²) in [6.07, 6.45) is 1.86. The van der Waals surface area contributed by atoms with Crippen LogP contribution < -0.4 is 10.1 Å². The van der Waals surface area contributed by atoms with E-state index < -0.39 is 0 Å². The van der Waals surface area contributed by atoms with Crippen LogP contribution in [0.3, 0.4) is 0 Å². The summed E-state index contributed by atoms with van der Waals surface area (Å²) in [5.41, 5.74) is 0.849. The smallest absolute Gasteiger partial charge is 0.266 e. The van der Waals surface area contributed by atoms with Crippen LogP contribution in [0.25, 0.3) is 21.7 Å². The molecule has 0 aliphatic rings. The van der Waals surface area contributed by atoms with Gasteiger partial charge >= 0.3 is 0 Å². The van der Waals surface area contributed by atoms with E-state index >= 15 is 0 Å². The minimum atomic E-state index is -0.127. The van der Waals surface area contributed by atoms with Gasteiger partial charge in [0.15, 0.2) is 5.82 Å². The molecule has 3 heterocycles. The summed E-state index contributed by atoms with van der Waals surface area (Å²) in [5.74, 6) is 0.605. The number of nitrogens with zero attached hydrogens (tertiary/aromatic N) is 3. The zero-order chi connectivity index (χ0) is 15.1. The summed E-state index contributed by atoms with van der Waals surface area (Å²) < 4.78 is 3.02. The van der Waals surface area contributed by atoms with Gasteiger partial charge in [0, 0.05) is 4.47 Å². The van der Waals surface area contributed by atoms with E-state index in [1.54, 1.807) is 11.3 Å². The molecule has 22 heavy (non-hydrogen) atoms. The highest BCUT2D eigenvalue weighted by molar-refractivity contribution is 9.10. The maximum Gasteiger partial charge on any atom is 0.291 e. The van der Waals surface area contributed by atoms with E-state index in [4.69, 9.17) is 0 Å². The normalized spacial score (nSPS) is 12.3. The van der Waals surface area contributed by atoms with Gasteiger partial charge in [-0.3, -0.25) is 4.79 Å². The van der Waals surface area contributed by atoms with Crippen molar-refractivity contribution in [3.8, 4) is 10.7 Å².